The minimum atomic E-state index is -3.39. The molecule has 142 valence electrons. The fourth-order valence-electron chi connectivity index (χ4n) is 3.43. The van der Waals surface area contributed by atoms with E-state index in [4.69, 9.17) is 5.73 Å². The topological polar surface area (TPSA) is 92.5 Å². The fourth-order valence-corrected chi connectivity index (χ4v) is 6.39. The van der Waals surface area contributed by atoms with Crippen molar-refractivity contribution < 1.29 is 13.2 Å². The standard InChI is InChI=1S/C17H29N3O3S2/c1-3-20(4-2)25(22,23)16-9-8-14(24-16)10-11-19-17(21)15-7-5-6-13(15)12-18/h8-9,13,15H,3-7,10-12,18H2,1-2H3,(H,19,21)/t13-,15-/m1/s1. The molecule has 2 rings (SSSR count). The second-order valence-electron chi connectivity index (χ2n) is 6.38. The molecule has 0 saturated heterocycles. The first-order valence-electron chi connectivity index (χ1n) is 9.00. The van der Waals surface area contributed by atoms with Crippen LogP contribution in [0.5, 0.6) is 0 Å². The van der Waals surface area contributed by atoms with Gasteiger partial charge in [0.1, 0.15) is 4.21 Å². The zero-order valence-electron chi connectivity index (χ0n) is 15.0. The molecule has 0 aromatic carbocycles. The van der Waals surface area contributed by atoms with Crippen LogP contribution >= 0.6 is 11.3 Å². The maximum Gasteiger partial charge on any atom is 0.252 e. The number of hydrogen-bond donors (Lipinski definition) is 2. The number of hydrogen-bond acceptors (Lipinski definition) is 5. The molecule has 1 aromatic rings. The lowest BCUT2D eigenvalue weighted by Crippen LogP contribution is -2.36. The lowest BCUT2D eigenvalue weighted by Gasteiger charge is -2.17. The molecule has 0 spiro atoms. The highest BCUT2D eigenvalue weighted by Gasteiger charge is 2.31. The van der Waals surface area contributed by atoms with Crippen LogP contribution in [0.4, 0.5) is 0 Å². The van der Waals surface area contributed by atoms with Crippen LogP contribution in [0.15, 0.2) is 16.3 Å². The monoisotopic (exact) mass is 387 g/mol. The molecule has 0 bridgehead atoms. The molecule has 1 heterocycles. The first kappa shape index (κ1) is 20.4. The predicted octanol–water partition coefficient (Wildman–Crippen LogP) is 1.81. The van der Waals surface area contributed by atoms with E-state index in [1.807, 2.05) is 19.9 Å². The molecular weight excluding hydrogens is 358 g/mol. The second-order valence-corrected chi connectivity index (χ2v) is 9.72. The summed E-state index contributed by atoms with van der Waals surface area (Å²) >= 11 is 1.29. The number of amides is 1. The van der Waals surface area contributed by atoms with E-state index in [1.54, 1.807) is 6.07 Å². The molecule has 0 radical (unpaired) electrons. The Morgan fingerprint density at radius 2 is 2.04 bits per heavy atom. The molecule has 8 heteroatoms. The van der Waals surface area contributed by atoms with Crippen molar-refractivity contribution in [1.29, 1.82) is 0 Å². The number of sulfonamides is 1. The highest BCUT2D eigenvalue weighted by atomic mass is 32.2. The normalized spacial score (nSPS) is 21.0. The largest absolute Gasteiger partial charge is 0.355 e. The first-order valence-corrected chi connectivity index (χ1v) is 11.3. The summed E-state index contributed by atoms with van der Waals surface area (Å²) < 4.78 is 26.8. The number of carbonyl (C=O) groups is 1. The molecule has 0 unspecified atom stereocenters. The zero-order valence-corrected chi connectivity index (χ0v) is 16.7. The number of nitrogens with one attached hydrogen (secondary N) is 1. The van der Waals surface area contributed by atoms with Gasteiger partial charge in [0.25, 0.3) is 10.0 Å². The Bertz CT molecular complexity index is 668. The van der Waals surface area contributed by atoms with Gasteiger partial charge in [-0.05, 0) is 43.9 Å². The molecule has 1 aliphatic carbocycles. The van der Waals surface area contributed by atoms with Crippen molar-refractivity contribution >= 4 is 27.3 Å². The van der Waals surface area contributed by atoms with E-state index < -0.39 is 10.0 Å². The average molecular weight is 388 g/mol. The molecule has 1 amide bonds. The Hall–Kier alpha value is -0.960. The third-order valence-corrected chi connectivity index (χ3v) is 8.57. The van der Waals surface area contributed by atoms with Crippen LogP contribution in [-0.2, 0) is 21.2 Å². The van der Waals surface area contributed by atoms with Gasteiger partial charge in [-0.25, -0.2) is 8.42 Å². The van der Waals surface area contributed by atoms with E-state index in [0.29, 0.717) is 42.7 Å². The van der Waals surface area contributed by atoms with Crippen molar-refractivity contribution in [3.63, 3.8) is 0 Å². The van der Waals surface area contributed by atoms with E-state index in [1.165, 1.54) is 15.6 Å². The summed E-state index contributed by atoms with van der Waals surface area (Å²) in [5, 5.41) is 2.98. The van der Waals surface area contributed by atoms with Crippen LogP contribution in [0.1, 0.15) is 38.0 Å². The van der Waals surface area contributed by atoms with Gasteiger partial charge in [-0.15, -0.1) is 11.3 Å². The van der Waals surface area contributed by atoms with Gasteiger partial charge in [0, 0.05) is 30.4 Å². The zero-order chi connectivity index (χ0) is 18.4. The van der Waals surface area contributed by atoms with Crippen LogP contribution in [0.2, 0.25) is 0 Å². The van der Waals surface area contributed by atoms with Crippen molar-refractivity contribution in [1.82, 2.24) is 9.62 Å². The quantitative estimate of drug-likeness (QED) is 0.676. The van der Waals surface area contributed by atoms with Crippen LogP contribution in [0.3, 0.4) is 0 Å². The lowest BCUT2D eigenvalue weighted by atomic mass is 9.95. The summed E-state index contributed by atoms with van der Waals surface area (Å²) in [5.41, 5.74) is 5.73. The smallest absolute Gasteiger partial charge is 0.252 e. The van der Waals surface area contributed by atoms with Crippen molar-refractivity contribution in [2.24, 2.45) is 17.6 Å². The molecule has 25 heavy (non-hydrogen) atoms. The molecule has 1 fully saturated rings. The summed E-state index contributed by atoms with van der Waals surface area (Å²) in [4.78, 5) is 13.2. The summed E-state index contributed by atoms with van der Waals surface area (Å²) in [5.74, 6) is 0.417. The van der Waals surface area contributed by atoms with Gasteiger partial charge in [-0.2, -0.15) is 4.31 Å². The van der Waals surface area contributed by atoms with Gasteiger partial charge < -0.3 is 11.1 Å². The number of nitrogens with two attached hydrogens (primary N) is 1. The number of nitrogens with zero attached hydrogens (tertiary/aromatic N) is 1. The van der Waals surface area contributed by atoms with Gasteiger partial charge in [0.2, 0.25) is 5.91 Å². The fraction of sp³-hybridized carbons (Fsp3) is 0.706. The number of thiophene rings is 1. The van der Waals surface area contributed by atoms with Crippen molar-refractivity contribution in [3.05, 3.63) is 17.0 Å². The summed E-state index contributed by atoms with van der Waals surface area (Å²) in [6, 6.07) is 3.50. The molecule has 3 N–H and O–H groups in total. The van der Waals surface area contributed by atoms with E-state index in [2.05, 4.69) is 5.32 Å². The van der Waals surface area contributed by atoms with Crippen LogP contribution < -0.4 is 11.1 Å². The molecule has 1 saturated carbocycles. The van der Waals surface area contributed by atoms with Gasteiger partial charge in [0.15, 0.2) is 0 Å². The molecule has 1 aliphatic rings. The van der Waals surface area contributed by atoms with Crippen LogP contribution in [0, 0.1) is 11.8 Å². The number of carbonyl (C=O) groups excluding carboxylic acids is 1. The Morgan fingerprint density at radius 3 is 2.68 bits per heavy atom. The van der Waals surface area contributed by atoms with Gasteiger partial charge in [-0.1, -0.05) is 20.3 Å². The molecule has 0 aliphatic heterocycles. The molecule has 6 nitrogen and oxygen atoms in total. The third kappa shape index (κ3) is 4.81. The summed E-state index contributed by atoms with van der Waals surface area (Å²) in [6.45, 7) is 5.69. The summed E-state index contributed by atoms with van der Waals surface area (Å²) in [6.07, 6.45) is 3.66. The number of rotatable bonds is 9. The predicted molar refractivity (Wildman–Crippen MR) is 101 cm³/mol. The Balaban J connectivity index is 1.88. The molecule has 2 atom stereocenters. The highest BCUT2D eigenvalue weighted by molar-refractivity contribution is 7.91. The van der Waals surface area contributed by atoms with E-state index in [9.17, 15) is 13.2 Å². The van der Waals surface area contributed by atoms with Crippen LogP contribution in [-0.4, -0.2) is 44.8 Å². The Kier molecular flexibility index (Phi) is 7.42. The van der Waals surface area contributed by atoms with E-state index in [0.717, 1.165) is 24.1 Å². The van der Waals surface area contributed by atoms with Gasteiger partial charge in [-0.3, -0.25) is 4.79 Å². The SMILES string of the molecule is CCN(CC)S(=O)(=O)c1ccc(CCNC(=O)[C@@H]2CCC[C@@H]2CN)s1. The highest BCUT2D eigenvalue weighted by Crippen LogP contribution is 2.31. The summed E-state index contributed by atoms with van der Waals surface area (Å²) in [7, 11) is -3.39. The minimum absolute atomic E-state index is 0.0342. The Labute approximate surface area is 154 Å². The van der Waals surface area contributed by atoms with E-state index in [-0.39, 0.29) is 11.8 Å². The lowest BCUT2D eigenvalue weighted by molar-refractivity contribution is -0.125. The minimum Gasteiger partial charge on any atom is -0.355 e. The maximum absolute atomic E-state index is 12.5. The van der Waals surface area contributed by atoms with E-state index >= 15 is 0 Å². The molecular formula is C17H29N3O3S2. The van der Waals surface area contributed by atoms with Crippen molar-refractivity contribution in [3.8, 4) is 0 Å². The molecule has 1 aromatic heterocycles. The van der Waals surface area contributed by atoms with Crippen molar-refractivity contribution in [2.45, 2.75) is 43.7 Å². The van der Waals surface area contributed by atoms with Crippen molar-refractivity contribution in [2.75, 3.05) is 26.2 Å². The first-order chi connectivity index (χ1) is 11.9. The van der Waals surface area contributed by atoms with Crippen LogP contribution in [0.25, 0.3) is 0 Å². The Morgan fingerprint density at radius 1 is 1.32 bits per heavy atom. The second kappa shape index (κ2) is 9.12. The van der Waals surface area contributed by atoms with Gasteiger partial charge in [0.05, 0.1) is 0 Å². The third-order valence-electron chi connectivity index (χ3n) is 4.91. The maximum atomic E-state index is 12.5. The van der Waals surface area contributed by atoms with Gasteiger partial charge >= 0.3 is 0 Å². The average Bonchev–Trinajstić information content (AvgIpc) is 3.25.